The average molecular weight is 240 g/mol. The van der Waals surface area contributed by atoms with E-state index in [1.807, 2.05) is 0 Å². The number of rotatable bonds is 2. The maximum atomic E-state index is 12.4. The number of hydrogen-bond acceptors (Lipinski definition) is 3. The molecule has 1 aromatic heterocycles. The second kappa shape index (κ2) is 4.03. The lowest BCUT2D eigenvalue weighted by molar-refractivity contribution is -0.143. The molecule has 0 unspecified atom stereocenters. The molecule has 0 aliphatic carbocycles. The number of anilines is 1. The Morgan fingerprint density at radius 2 is 1.94 bits per heavy atom. The van der Waals surface area contributed by atoms with Gasteiger partial charge in [0.15, 0.2) is 12.0 Å². The van der Waals surface area contributed by atoms with E-state index in [4.69, 9.17) is 5.73 Å². The van der Waals surface area contributed by atoms with Gasteiger partial charge in [-0.2, -0.15) is 13.2 Å². The molecule has 0 aromatic carbocycles. The maximum Gasteiger partial charge on any atom is 0.433 e. The molecule has 0 saturated carbocycles. The Morgan fingerprint density at radius 3 is 2.31 bits per heavy atom. The second-order valence-corrected chi connectivity index (χ2v) is 2.81. The van der Waals surface area contributed by atoms with Gasteiger partial charge in [-0.05, 0) is 0 Å². The van der Waals surface area contributed by atoms with Crippen molar-refractivity contribution in [1.82, 2.24) is 4.98 Å². The zero-order valence-corrected chi connectivity index (χ0v) is 7.55. The molecule has 0 fully saturated rings. The summed E-state index contributed by atoms with van der Waals surface area (Å²) in [6, 6.07) is 0. The number of carbonyl (C=O) groups excluding carboxylic acids is 1. The summed E-state index contributed by atoms with van der Waals surface area (Å²) in [7, 11) is 0. The first kappa shape index (κ1) is 12.3. The highest BCUT2D eigenvalue weighted by Crippen LogP contribution is 2.38. The van der Waals surface area contributed by atoms with Gasteiger partial charge >= 0.3 is 6.18 Å². The molecule has 0 radical (unpaired) electrons. The molecule has 0 bridgehead atoms. The minimum Gasteiger partial charge on any atom is -0.398 e. The number of carbonyl (C=O) groups is 1. The third-order valence-electron chi connectivity index (χ3n) is 1.80. The summed E-state index contributed by atoms with van der Waals surface area (Å²) >= 11 is 0. The first-order valence-corrected chi connectivity index (χ1v) is 3.88. The lowest BCUT2D eigenvalue weighted by atomic mass is 10.1. The van der Waals surface area contributed by atoms with E-state index in [2.05, 4.69) is 4.98 Å². The molecule has 0 spiro atoms. The van der Waals surface area contributed by atoms with Crippen molar-refractivity contribution in [3.8, 4) is 0 Å². The van der Waals surface area contributed by atoms with E-state index >= 15 is 0 Å². The number of nitrogens with two attached hydrogens (primary N) is 1. The fraction of sp³-hybridized carbons (Fsp3) is 0.250. The van der Waals surface area contributed by atoms with Crippen molar-refractivity contribution in [2.75, 3.05) is 5.73 Å². The van der Waals surface area contributed by atoms with Crippen LogP contribution in [0.15, 0.2) is 6.20 Å². The molecule has 2 N–H and O–H groups in total. The van der Waals surface area contributed by atoms with E-state index in [0.29, 0.717) is 6.20 Å². The highest BCUT2D eigenvalue weighted by Gasteiger charge is 2.39. The van der Waals surface area contributed by atoms with Gasteiger partial charge in [-0.1, -0.05) is 0 Å². The van der Waals surface area contributed by atoms with Crippen LogP contribution in [0.2, 0.25) is 0 Å². The molecule has 88 valence electrons. The van der Waals surface area contributed by atoms with E-state index in [9.17, 15) is 26.7 Å². The number of nitrogens with zero attached hydrogens (tertiary/aromatic N) is 1. The van der Waals surface area contributed by atoms with Gasteiger partial charge in [-0.15, -0.1) is 0 Å². The van der Waals surface area contributed by atoms with Gasteiger partial charge in [0.25, 0.3) is 6.43 Å². The SMILES string of the molecule is Nc1c(C=O)cnc(C(F)(F)F)c1C(F)F. The Morgan fingerprint density at radius 1 is 1.38 bits per heavy atom. The number of aldehydes is 1. The van der Waals surface area contributed by atoms with Crippen LogP contribution in [-0.2, 0) is 6.18 Å². The van der Waals surface area contributed by atoms with Gasteiger partial charge in [0, 0.05) is 6.20 Å². The molecule has 1 aromatic rings. The lowest BCUT2D eigenvalue weighted by Gasteiger charge is -2.14. The van der Waals surface area contributed by atoms with Crippen LogP contribution < -0.4 is 5.73 Å². The Balaban J connectivity index is 3.53. The van der Waals surface area contributed by atoms with Crippen LogP contribution in [0.5, 0.6) is 0 Å². The molecule has 0 aliphatic rings. The van der Waals surface area contributed by atoms with Crippen molar-refractivity contribution < 1.29 is 26.7 Å². The van der Waals surface area contributed by atoms with Gasteiger partial charge in [0.2, 0.25) is 0 Å². The molecule has 16 heavy (non-hydrogen) atoms. The maximum absolute atomic E-state index is 12.4. The standard InChI is InChI=1S/C8H5F5N2O/c9-7(10)4-5(14)3(2-16)1-15-6(4)8(11,12)13/h1-2,7H,(H2,14,15). The monoisotopic (exact) mass is 240 g/mol. The number of nitrogen functional groups attached to an aromatic ring is 1. The van der Waals surface area contributed by atoms with Gasteiger partial charge < -0.3 is 5.73 Å². The average Bonchev–Trinajstić information content (AvgIpc) is 2.15. The van der Waals surface area contributed by atoms with Gasteiger partial charge in [-0.25, -0.2) is 8.78 Å². The van der Waals surface area contributed by atoms with Crippen LogP contribution in [0.1, 0.15) is 28.0 Å². The highest BCUT2D eigenvalue weighted by atomic mass is 19.4. The van der Waals surface area contributed by atoms with E-state index in [1.54, 1.807) is 0 Å². The fourth-order valence-corrected chi connectivity index (χ4v) is 1.10. The molecule has 1 heterocycles. The van der Waals surface area contributed by atoms with Crippen molar-refractivity contribution in [3.63, 3.8) is 0 Å². The summed E-state index contributed by atoms with van der Waals surface area (Å²) in [4.78, 5) is 13.1. The Labute approximate surface area is 86.1 Å². The fourth-order valence-electron chi connectivity index (χ4n) is 1.10. The summed E-state index contributed by atoms with van der Waals surface area (Å²) in [5.41, 5.74) is 0.414. The zero-order valence-electron chi connectivity index (χ0n) is 7.55. The molecular formula is C8H5F5N2O. The van der Waals surface area contributed by atoms with E-state index in [0.717, 1.165) is 0 Å². The van der Waals surface area contributed by atoms with Crippen molar-refractivity contribution in [2.45, 2.75) is 12.6 Å². The van der Waals surface area contributed by atoms with Crippen molar-refractivity contribution in [1.29, 1.82) is 0 Å². The minimum absolute atomic E-state index is 0.0639. The molecule has 0 saturated heterocycles. The molecule has 3 nitrogen and oxygen atoms in total. The highest BCUT2D eigenvalue weighted by molar-refractivity contribution is 5.84. The first-order valence-electron chi connectivity index (χ1n) is 3.88. The number of pyridine rings is 1. The Bertz CT molecular complexity index is 416. The van der Waals surface area contributed by atoms with Gasteiger partial charge in [-0.3, -0.25) is 9.78 Å². The summed E-state index contributed by atoms with van der Waals surface area (Å²) in [6.45, 7) is 0. The summed E-state index contributed by atoms with van der Waals surface area (Å²) < 4.78 is 61.7. The van der Waals surface area contributed by atoms with E-state index < -0.39 is 35.1 Å². The van der Waals surface area contributed by atoms with E-state index in [1.165, 1.54) is 0 Å². The summed E-state index contributed by atoms with van der Waals surface area (Å²) in [6.07, 6.45) is -7.92. The molecular weight excluding hydrogens is 235 g/mol. The quantitative estimate of drug-likeness (QED) is 0.638. The number of halogens is 5. The normalized spacial score (nSPS) is 11.9. The minimum atomic E-state index is -5.04. The zero-order chi connectivity index (χ0) is 12.5. The number of hydrogen-bond donors (Lipinski definition) is 1. The van der Waals surface area contributed by atoms with Crippen LogP contribution >= 0.6 is 0 Å². The Hall–Kier alpha value is -1.73. The number of aromatic nitrogens is 1. The third kappa shape index (κ3) is 2.10. The van der Waals surface area contributed by atoms with Crippen molar-refractivity contribution in [3.05, 3.63) is 23.0 Å². The Kier molecular flexibility index (Phi) is 3.11. The number of alkyl halides is 5. The van der Waals surface area contributed by atoms with Crippen LogP contribution in [-0.4, -0.2) is 11.3 Å². The molecule has 0 aliphatic heterocycles. The van der Waals surface area contributed by atoms with Gasteiger partial charge in [0.05, 0.1) is 16.8 Å². The third-order valence-corrected chi connectivity index (χ3v) is 1.80. The first-order chi connectivity index (χ1) is 7.29. The molecule has 8 heteroatoms. The van der Waals surface area contributed by atoms with Crippen LogP contribution in [0.4, 0.5) is 27.6 Å². The van der Waals surface area contributed by atoms with Crippen LogP contribution in [0.25, 0.3) is 0 Å². The predicted octanol–water partition coefficient (Wildman–Crippen LogP) is 2.43. The van der Waals surface area contributed by atoms with Crippen molar-refractivity contribution >= 4 is 12.0 Å². The van der Waals surface area contributed by atoms with Crippen molar-refractivity contribution in [2.24, 2.45) is 0 Å². The molecule has 0 amide bonds. The van der Waals surface area contributed by atoms with Crippen LogP contribution in [0, 0.1) is 0 Å². The smallest absolute Gasteiger partial charge is 0.398 e. The summed E-state index contributed by atoms with van der Waals surface area (Å²) in [5, 5.41) is 0. The topological polar surface area (TPSA) is 56.0 Å². The summed E-state index contributed by atoms with van der Waals surface area (Å²) in [5.74, 6) is 0. The predicted molar refractivity (Wildman–Crippen MR) is 44.0 cm³/mol. The van der Waals surface area contributed by atoms with Gasteiger partial charge in [0.1, 0.15) is 0 Å². The molecule has 0 atom stereocenters. The second-order valence-electron chi connectivity index (χ2n) is 2.81. The largest absolute Gasteiger partial charge is 0.433 e. The molecule has 1 rings (SSSR count). The van der Waals surface area contributed by atoms with Crippen LogP contribution in [0.3, 0.4) is 0 Å². The lowest BCUT2D eigenvalue weighted by Crippen LogP contribution is -2.15. The van der Waals surface area contributed by atoms with E-state index in [-0.39, 0.29) is 6.29 Å².